The van der Waals surface area contributed by atoms with Gasteiger partial charge in [-0.25, -0.2) is 4.39 Å². The Morgan fingerprint density at radius 1 is 1.17 bits per heavy atom. The summed E-state index contributed by atoms with van der Waals surface area (Å²) in [7, 11) is 3.65. The zero-order chi connectivity index (χ0) is 15.9. The van der Waals surface area contributed by atoms with E-state index in [0.717, 1.165) is 18.1 Å². The van der Waals surface area contributed by atoms with Crippen molar-refractivity contribution >= 4 is 29.9 Å². The van der Waals surface area contributed by atoms with Gasteiger partial charge >= 0.3 is 0 Å². The van der Waals surface area contributed by atoms with Gasteiger partial charge in [0.1, 0.15) is 0 Å². The Labute approximate surface area is 153 Å². The summed E-state index contributed by atoms with van der Waals surface area (Å²) in [6.07, 6.45) is 0. The van der Waals surface area contributed by atoms with Crippen LogP contribution in [0.1, 0.15) is 11.1 Å². The fourth-order valence-corrected chi connectivity index (χ4v) is 2.16. The van der Waals surface area contributed by atoms with Gasteiger partial charge in [0.2, 0.25) is 0 Å². The lowest BCUT2D eigenvalue weighted by molar-refractivity contribution is 0.431. The summed E-state index contributed by atoms with van der Waals surface area (Å²) in [5, 5.41) is 12.4. The number of aliphatic imine (C=N–C) groups is 1. The van der Waals surface area contributed by atoms with Gasteiger partial charge in [0.25, 0.3) is 0 Å². The number of hydrogen-bond donors (Lipinski definition) is 2. The van der Waals surface area contributed by atoms with Crippen molar-refractivity contribution in [3.05, 3.63) is 65.5 Å². The molecule has 0 bridgehead atoms. The highest BCUT2D eigenvalue weighted by Gasteiger charge is 2.07. The molecule has 0 saturated carbocycles. The highest BCUT2D eigenvalue weighted by atomic mass is 127. The van der Waals surface area contributed by atoms with E-state index in [9.17, 15) is 9.50 Å². The van der Waals surface area contributed by atoms with E-state index in [1.54, 1.807) is 13.1 Å². The Hall–Kier alpha value is -1.83. The lowest BCUT2D eigenvalue weighted by Gasteiger charge is -2.22. The quantitative estimate of drug-likeness (QED) is 0.445. The first-order chi connectivity index (χ1) is 10.6. The molecule has 6 heteroatoms. The maximum absolute atomic E-state index is 13.3. The average Bonchev–Trinajstić information content (AvgIpc) is 2.52. The second-order valence-electron chi connectivity index (χ2n) is 5.03. The lowest BCUT2D eigenvalue weighted by atomic mass is 10.2. The largest absolute Gasteiger partial charge is 0.505 e. The molecule has 0 radical (unpaired) electrons. The number of nitrogens with zero attached hydrogens (tertiary/aromatic N) is 2. The van der Waals surface area contributed by atoms with Gasteiger partial charge in [-0.1, -0.05) is 36.4 Å². The van der Waals surface area contributed by atoms with Crippen LogP contribution < -0.4 is 5.32 Å². The van der Waals surface area contributed by atoms with Crippen molar-refractivity contribution < 1.29 is 9.50 Å². The second kappa shape index (κ2) is 9.34. The van der Waals surface area contributed by atoms with E-state index >= 15 is 0 Å². The van der Waals surface area contributed by atoms with Gasteiger partial charge in [0.15, 0.2) is 17.5 Å². The number of halogens is 2. The van der Waals surface area contributed by atoms with Crippen molar-refractivity contribution in [1.82, 2.24) is 10.2 Å². The highest BCUT2D eigenvalue weighted by molar-refractivity contribution is 14.0. The average molecular weight is 429 g/mol. The van der Waals surface area contributed by atoms with E-state index in [0.29, 0.717) is 6.54 Å². The van der Waals surface area contributed by atoms with Crippen molar-refractivity contribution in [2.45, 2.75) is 13.1 Å². The third-order valence-electron chi connectivity index (χ3n) is 3.30. The third kappa shape index (κ3) is 5.70. The summed E-state index contributed by atoms with van der Waals surface area (Å²) >= 11 is 0. The fourth-order valence-electron chi connectivity index (χ4n) is 2.16. The number of benzene rings is 2. The summed E-state index contributed by atoms with van der Waals surface area (Å²) in [5.41, 5.74) is 1.92. The molecule has 0 fully saturated rings. The molecule has 0 unspecified atom stereocenters. The van der Waals surface area contributed by atoms with Gasteiger partial charge in [-0.15, -0.1) is 24.0 Å². The molecule has 2 N–H and O–H groups in total. The summed E-state index contributed by atoms with van der Waals surface area (Å²) in [4.78, 5) is 6.22. The highest BCUT2D eigenvalue weighted by Crippen LogP contribution is 2.16. The number of nitrogens with one attached hydrogen (secondary N) is 1. The monoisotopic (exact) mass is 429 g/mol. The number of guanidine groups is 1. The maximum Gasteiger partial charge on any atom is 0.193 e. The molecule has 0 atom stereocenters. The summed E-state index contributed by atoms with van der Waals surface area (Å²) in [6, 6.07) is 14.4. The molecule has 2 rings (SSSR count). The second-order valence-corrected chi connectivity index (χ2v) is 5.03. The van der Waals surface area contributed by atoms with Crippen LogP contribution in [0.15, 0.2) is 53.5 Å². The molecular formula is C17H21FIN3O. The molecule has 0 spiro atoms. The van der Waals surface area contributed by atoms with Crippen molar-refractivity contribution in [3.63, 3.8) is 0 Å². The predicted molar refractivity (Wildman–Crippen MR) is 102 cm³/mol. The molecule has 2 aromatic carbocycles. The molecule has 0 aliphatic rings. The van der Waals surface area contributed by atoms with Crippen LogP contribution in [0, 0.1) is 5.82 Å². The van der Waals surface area contributed by atoms with Gasteiger partial charge in [0.05, 0.1) is 0 Å². The Balaban J connectivity index is 0.00000264. The smallest absolute Gasteiger partial charge is 0.193 e. The molecule has 124 valence electrons. The summed E-state index contributed by atoms with van der Waals surface area (Å²) in [6.45, 7) is 1.16. The van der Waals surface area contributed by atoms with E-state index < -0.39 is 5.82 Å². The van der Waals surface area contributed by atoms with Crippen molar-refractivity contribution in [1.29, 1.82) is 0 Å². The van der Waals surface area contributed by atoms with Gasteiger partial charge in [-0.2, -0.15) is 0 Å². The van der Waals surface area contributed by atoms with Crippen LogP contribution in [0.4, 0.5) is 4.39 Å². The Morgan fingerprint density at radius 2 is 1.87 bits per heavy atom. The Morgan fingerprint density at radius 3 is 2.48 bits per heavy atom. The number of hydrogen-bond acceptors (Lipinski definition) is 2. The van der Waals surface area contributed by atoms with E-state index in [4.69, 9.17) is 0 Å². The van der Waals surface area contributed by atoms with Crippen LogP contribution in [0.2, 0.25) is 0 Å². The molecule has 0 saturated heterocycles. The Kier molecular flexibility index (Phi) is 7.80. The van der Waals surface area contributed by atoms with Crippen LogP contribution >= 0.6 is 24.0 Å². The van der Waals surface area contributed by atoms with Crippen molar-refractivity contribution in [3.8, 4) is 5.75 Å². The van der Waals surface area contributed by atoms with Gasteiger partial charge in [-0.3, -0.25) is 4.99 Å². The first-order valence-corrected chi connectivity index (χ1v) is 7.03. The molecule has 0 heterocycles. The fraction of sp³-hybridized carbons (Fsp3) is 0.235. The molecule has 23 heavy (non-hydrogen) atoms. The summed E-state index contributed by atoms with van der Waals surface area (Å²) in [5.74, 6) is -0.237. The van der Waals surface area contributed by atoms with Gasteiger partial charge in [0, 0.05) is 27.2 Å². The third-order valence-corrected chi connectivity index (χ3v) is 3.30. The molecule has 4 nitrogen and oxygen atoms in total. The van der Waals surface area contributed by atoms with E-state index in [2.05, 4.69) is 22.4 Å². The molecule has 0 aliphatic heterocycles. The molecule has 2 aromatic rings. The molecule has 0 aromatic heterocycles. The van der Waals surface area contributed by atoms with Gasteiger partial charge in [-0.05, 0) is 23.3 Å². The standard InChI is InChI=1S/C17H20FN3O.HI/c1-19-17(21(2)12-13-6-4-3-5-7-13)20-11-14-8-9-16(22)15(18)10-14;/h3-10,22H,11-12H2,1-2H3,(H,19,20);1H. The number of aromatic hydroxyl groups is 1. The SMILES string of the molecule is CN=C(NCc1ccc(O)c(F)c1)N(C)Cc1ccccc1.I. The normalized spacial score (nSPS) is 10.8. The number of phenols is 1. The van der Waals surface area contributed by atoms with E-state index in [-0.39, 0.29) is 29.7 Å². The van der Waals surface area contributed by atoms with Crippen LogP contribution in [0.5, 0.6) is 5.75 Å². The molecular weight excluding hydrogens is 408 g/mol. The number of phenolic OH excluding ortho intramolecular Hbond substituents is 1. The van der Waals surface area contributed by atoms with Crippen LogP contribution in [-0.4, -0.2) is 30.1 Å². The molecule has 0 amide bonds. The lowest BCUT2D eigenvalue weighted by Crippen LogP contribution is -2.38. The zero-order valence-electron chi connectivity index (χ0n) is 13.2. The maximum atomic E-state index is 13.3. The van der Waals surface area contributed by atoms with Crippen LogP contribution in [0.3, 0.4) is 0 Å². The Bertz CT molecular complexity index is 650. The summed E-state index contributed by atoms with van der Waals surface area (Å²) < 4.78 is 13.3. The first kappa shape index (κ1) is 19.2. The predicted octanol–water partition coefficient (Wildman–Crippen LogP) is 3.36. The van der Waals surface area contributed by atoms with Crippen LogP contribution in [0.25, 0.3) is 0 Å². The topological polar surface area (TPSA) is 47.9 Å². The minimum atomic E-state index is -0.619. The number of rotatable bonds is 4. The zero-order valence-corrected chi connectivity index (χ0v) is 15.5. The van der Waals surface area contributed by atoms with Gasteiger partial charge < -0.3 is 15.3 Å². The first-order valence-electron chi connectivity index (χ1n) is 7.03. The minimum Gasteiger partial charge on any atom is -0.505 e. The van der Waals surface area contributed by atoms with Crippen LogP contribution in [-0.2, 0) is 13.1 Å². The van der Waals surface area contributed by atoms with E-state index in [1.165, 1.54) is 17.7 Å². The van der Waals surface area contributed by atoms with Crippen molar-refractivity contribution in [2.24, 2.45) is 4.99 Å². The minimum absolute atomic E-state index is 0. The van der Waals surface area contributed by atoms with E-state index in [1.807, 2.05) is 30.1 Å². The molecule has 0 aliphatic carbocycles. The van der Waals surface area contributed by atoms with Crippen molar-refractivity contribution in [2.75, 3.05) is 14.1 Å².